The number of esters is 1. The van der Waals surface area contributed by atoms with Crippen molar-refractivity contribution in [2.24, 2.45) is 5.92 Å². The van der Waals surface area contributed by atoms with E-state index in [0.717, 1.165) is 11.3 Å². The number of nitrogens with one attached hydrogen (secondary N) is 1. The van der Waals surface area contributed by atoms with Crippen molar-refractivity contribution in [1.82, 2.24) is 9.71 Å². The predicted molar refractivity (Wildman–Crippen MR) is 71.0 cm³/mol. The van der Waals surface area contributed by atoms with Crippen LogP contribution in [0, 0.1) is 5.92 Å². The lowest BCUT2D eigenvalue weighted by Crippen LogP contribution is -2.39. The molecule has 1 heterocycles. The highest BCUT2D eigenvalue weighted by atomic mass is 32.2. The number of methoxy groups -OCH3 is 1. The van der Waals surface area contributed by atoms with Gasteiger partial charge in [0.1, 0.15) is 0 Å². The first-order chi connectivity index (χ1) is 9.04. The van der Waals surface area contributed by atoms with Crippen molar-refractivity contribution in [3.63, 3.8) is 0 Å². The summed E-state index contributed by atoms with van der Waals surface area (Å²) in [6.07, 6.45) is 3.42. The molecule has 0 bridgehead atoms. The first kappa shape index (κ1) is 14.4. The molecule has 1 aromatic rings. The van der Waals surface area contributed by atoms with Gasteiger partial charge in [-0.3, -0.25) is 9.78 Å². The smallest absolute Gasteiger partial charge is 0.310 e. The van der Waals surface area contributed by atoms with E-state index in [4.69, 9.17) is 0 Å². The maximum absolute atomic E-state index is 12.2. The minimum absolute atomic E-state index is 0.220. The Bertz CT molecular complexity index is 527. The summed E-state index contributed by atoms with van der Waals surface area (Å²) >= 11 is 1.39. The fourth-order valence-corrected chi connectivity index (χ4v) is 4.68. The number of carbonyl (C=O) groups is 1. The summed E-state index contributed by atoms with van der Waals surface area (Å²) in [4.78, 5) is 16.3. The molecule has 1 saturated carbocycles. The summed E-state index contributed by atoms with van der Waals surface area (Å²) in [7, 11) is -2.23. The van der Waals surface area contributed by atoms with Crippen LogP contribution in [-0.2, 0) is 26.1 Å². The van der Waals surface area contributed by atoms with Crippen LogP contribution in [0.1, 0.15) is 24.1 Å². The van der Waals surface area contributed by atoms with Gasteiger partial charge in [-0.15, -0.1) is 11.3 Å². The first-order valence-corrected chi connectivity index (χ1v) is 8.41. The van der Waals surface area contributed by atoms with Gasteiger partial charge in [0.2, 0.25) is 10.0 Å². The van der Waals surface area contributed by atoms with Gasteiger partial charge in [-0.2, -0.15) is 0 Å². The van der Waals surface area contributed by atoms with Crippen molar-refractivity contribution in [3.8, 4) is 0 Å². The number of carbonyl (C=O) groups excluding carboxylic acids is 1. The maximum Gasteiger partial charge on any atom is 0.310 e. The second-order valence-electron chi connectivity index (χ2n) is 4.43. The normalized spacial score (nSPS) is 23.4. The number of aromatic nitrogens is 1. The molecule has 6 nitrogen and oxygen atoms in total. The molecule has 0 saturated heterocycles. The third-order valence-corrected chi connectivity index (χ3v) is 5.97. The Morgan fingerprint density at radius 2 is 2.37 bits per heavy atom. The highest BCUT2D eigenvalue weighted by Crippen LogP contribution is 2.31. The number of hydrogen-bond donors (Lipinski definition) is 1. The monoisotopic (exact) mass is 304 g/mol. The Labute approximate surface area is 116 Å². The number of ether oxygens (including phenoxy) is 1. The summed E-state index contributed by atoms with van der Waals surface area (Å²) < 4.78 is 31.7. The van der Waals surface area contributed by atoms with E-state index in [-0.39, 0.29) is 6.54 Å². The van der Waals surface area contributed by atoms with Crippen LogP contribution >= 0.6 is 11.3 Å². The van der Waals surface area contributed by atoms with E-state index in [0.29, 0.717) is 12.8 Å². The fourth-order valence-electron chi connectivity index (χ4n) is 2.33. The molecule has 1 aliphatic rings. The van der Waals surface area contributed by atoms with Crippen LogP contribution in [-0.4, -0.2) is 31.7 Å². The van der Waals surface area contributed by atoms with Crippen LogP contribution in [0.25, 0.3) is 0 Å². The van der Waals surface area contributed by atoms with Gasteiger partial charge in [0, 0.05) is 17.6 Å². The van der Waals surface area contributed by atoms with Crippen LogP contribution in [0.4, 0.5) is 0 Å². The van der Waals surface area contributed by atoms with Crippen LogP contribution < -0.4 is 4.72 Å². The Hall–Kier alpha value is -0.990. The molecule has 2 unspecified atom stereocenters. The average molecular weight is 304 g/mol. The lowest BCUT2D eigenvalue weighted by molar-refractivity contribution is -0.145. The van der Waals surface area contributed by atoms with E-state index in [2.05, 4.69) is 14.4 Å². The average Bonchev–Trinajstić information content (AvgIpc) is 3.06. The molecular formula is C11H16N2O4S2. The highest BCUT2D eigenvalue weighted by Gasteiger charge is 2.42. The number of rotatable bonds is 5. The van der Waals surface area contributed by atoms with Crippen molar-refractivity contribution in [2.75, 3.05) is 7.11 Å². The summed E-state index contributed by atoms with van der Waals surface area (Å²) in [6, 6.07) is 0. The molecule has 0 aliphatic heterocycles. The topological polar surface area (TPSA) is 85.4 Å². The van der Waals surface area contributed by atoms with Gasteiger partial charge in [-0.1, -0.05) is 6.42 Å². The zero-order valence-electron chi connectivity index (χ0n) is 10.5. The fraction of sp³-hybridized carbons (Fsp3) is 0.636. The largest absolute Gasteiger partial charge is 0.469 e. The molecule has 1 aromatic heterocycles. The van der Waals surface area contributed by atoms with Crippen molar-refractivity contribution in [1.29, 1.82) is 0 Å². The van der Waals surface area contributed by atoms with Crippen molar-refractivity contribution in [3.05, 3.63) is 16.6 Å². The third-order valence-electron chi connectivity index (χ3n) is 3.29. The summed E-state index contributed by atoms with van der Waals surface area (Å²) in [5.41, 5.74) is 1.65. The number of hydrogen-bond acceptors (Lipinski definition) is 6. The van der Waals surface area contributed by atoms with Crippen molar-refractivity contribution < 1.29 is 17.9 Å². The Balaban J connectivity index is 2.04. The van der Waals surface area contributed by atoms with Gasteiger partial charge in [0.25, 0.3) is 0 Å². The molecule has 0 spiro atoms. The number of nitrogens with zero attached hydrogens (tertiary/aromatic N) is 1. The van der Waals surface area contributed by atoms with Crippen molar-refractivity contribution >= 4 is 27.3 Å². The second kappa shape index (κ2) is 5.98. The van der Waals surface area contributed by atoms with Crippen LogP contribution in [0.2, 0.25) is 0 Å². The summed E-state index contributed by atoms with van der Waals surface area (Å²) in [5.74, 6) is -0.991. The molecule has 2 rings (SSSR count). The molecule has 8 heteroatoms. The SMILES string of the molecule is COC(=O)C1CCCC1S(=O)(=O)NCc1cncs1. The summed E-state index contributed by atoms with van der Waals surface area (Å²) in [6.45, 7) is 0.220. The van der Waals surface area contributed by atoms with E-state index in [1.165, 1.54) is 18.4 Å². The molecule has 2 atom stereocenters. The second-order valence-corrected chi connectivity index (χ2v) is 7.39. The van der Waals surface area contributed by atoms with Crippen LogP contribution in [0.15, 0.2) is 11.7 Å². The van der Waals surface area contributed by atoms with Crippen molar-refractivity contribution in [2.45, 2.75) is 31.1 Å². The van der Waals surface area contributed by atoms with Gasteiger partial charge < -0.3 is 4.74 Å². The molecule has 0 amide bonds. The van der Waals surface area contributed by atoms with E-state index in [9.17, 15) is 13.2 Å². The molecule has 0 radical (unpaired) electrons. The molecule has 1 N–H and O–H groups in total. The van der Waals surface area contributed by atoms with Crippen LogP contribution in [0.3, 0.4) is 0 Å². The predicted octanol–water partition coefficient (Wildman–Crippen LogP) is 0.904. The van der Waals surface area contributed by atoms with Gasteiger partial charge in [-0.05, 0) is 12.8 Å². The molecule has 1 fully saturated rings. The minimum Gasteiger partial charge on any atom is -0.469 e. The van der Waals surface area contributed by atoms with Gasteiger partial charge >= 0.3 is 5.97 Å². The van der Waals surface area contributed by atoms with Gasteiger partial charge in [-0.25, -0.2) is 13.1 Å². The van der Waals surface area contributed by atoms with Gasteiger partial charge in [0.05, 0.1) is 23.8 Å². The van der Waals surface area contributed by atoms with Gasteiger partial charge in [0.15, 0.2) is 0 Å². The lowest BCUT2D eigenvalue weighted by atomic mass is 10.1. The van der Waals surface area contributed by atoms with Crippen LogP contribution in [0.5, 0.6) is 0 Å². The Morgan fingerprint density at radius 3 is 3.00 bits per heavy atom. The zero-order chi connectivity index (χ0) is 13.9. The molecule has 0 aromatic carbocycles. The third kappa shape index (κ3) is 3.31. The minimum atomic E-state index is -3.51. The van der Waals surface area contributed by atoms with E-state index < -0.39 is 27.2 Å². The molecular weight excluding hydrogens is 288 g/mol. The first-order valence-electron chi connectivity index (χ1n) is 5.98. The number of sulfonamides is 1. The number of thiazole rings is 1. The Morgan fingerprint density at radius 1 is 1.58 bits per heavy atom. The Kier molecular flexibility index (Phi) is 4.54. The molecule has 19 heavy (non-hydrogen) atoms. The molecule has 1 aliphatic carbocycles. The standard InChI is InChI=1S/C11H16N2O4S2/c1-17-11(14)9-3-2-4-10(9)19(15,16)13-6-8-5-12-7-18-8/h5,7,9-10,13H,2-4,6H2,1H3. The maximum atomic E-state index is 12.2. The summed E-state index contributed by atoms with van der Waals surface area (Å²) in [5, 5.41) is -0.687. The quantitative estimate of drug-likeness (QED) is 0.817. The van der Waals surface area contributed by atoms with E-state index in [1.807, 2.05) is 0 Å². The zero-order valence-corrected chi connectivity index (χ0v) is 12.2. The molecule has 106 valence electrons. The highest BCUT2D eigenvalue weighted by molar-refractivity contribution is 7.90. The lowest BCUT2D eigenvalue weighted by Gasteiger charge is -2.18. The van der Waals surface area contributed by atoms with E-state index >= 15 is 0 Å². The van der Waals surface area contributed by atoms with E-state index in [1.54, 1.807) is 11.7 Å².